The van der Waals surface area contributed by atoms with Crippen molar-refractivity contribution in [1.82, 2.24) is 4.98 Å². The first kappa shape index (κ1) is 16.3. The number of rotatable bonds is 2. The van der Waals surface area contributed by atoms with Gasteiger partial charge in [0.15, 0.2) is 0 Å². The van der Waals surface area contributed by atoms with E-state index in [4.69, 9.17) is 10.5 Å². The van der Waals surface area contributed by atoms with E-state index in [0.717, 1.165) is 33.6 Å². The molecule has 0 atom stereocenters. The van der Waals surface area contributed by atoms with E-state index in [0.29, 0.717) is 16.8 Å². The molecule has 2 N–H and O–H groups in total. The quantitative estimate of drug-likeness (QED) is 0.906. The monoisotopic (exact) mass is 328 g/mol. The molecule has 122 valence electrons. The number of anilines is 1. The van der Waals surface area contributed by atoms with Crippen LogP contribution in [-0.4, -0.2) is 12.1 Å². The van der Waals surface area contributed by atoms with Crippen LogP contribution in [0.25, 0.3) is 17.2 Å². The molecule has 0 fully saturated rings. The summed E-state index contributed by atoms with van der Waals surface area (Å²) in [7, 11) is 1.62. The molecule has 3 rings (SSSR count). The molecule has 0 saturated heterocycles. The van der Waals surface area contributed by atoms with Crippen LogP contribution in [0.4, 0.5) is 5.82 Å². The highest BCUT2D eigenvalue weighted by atomic mass is 16.5. The molecule has 0 amide bonds. The molecule has 25 heavy (non-hydrogen) atoms. The van der Waals surface area contributed by atoms with Crippen molar-refractivity contribution in [3.63, 3.8) is 0 Å². The molecule has 0 radical (unpaired) electrons. The Bertz CT molecular complexity index is 1020. The van der Waals surface area contributed by atoms with Crippen molar-refractivity contribution in [2.45, 2.75) is 13.8 Å². The molecular weight excluding hydrogens is 312 g/mol. The van der Waals surface area contributed by atoms with Gasteiger partial charge in [0.05, 0.1) is 23.9 Å². The lowest BCUT2D eigenvalue weighted by Gasteiger charge is -2.11. The fraction of sp³-hybridized carbons (Fsp3) is 0.150. The summed E-state index contributed by atoms with van der Waals surface area (Å²) in [6.07, 6.45) is 1.99. The first-order valence-electron chi connectivity index (χ1n) is 7.69. The lowest BCUT2D eigenvalue weighted by atomic mass is 9.95. The summed E-state index contributed by atoms with van der Waals surface area (Å²) < 4.78 is 5.18. The zero-order chi connectivity index (χ0) is 18.1. The van der Waals surface area contributed by atoms with Crippen LogP contribution >= 0.6 is 0 Å². The summed E-state index contributed by atoms with van der Waals surface area (Å²) in [4.78, 5) is 4.32. The molecule has 1 aromatic carbocycles. The molecule has 0 saturated carbocycles. The van der Waals surface area contributed by atoms with E-state index in [1.54, 1.807) is 7.11 Å². The third-order valence-electron chi connectivity index (χ3n) is 4.41. The summed E-state index contributed by atoms with van der Waals surface area (Å²) in [6.45, 7) is 3.72. The van der Waals surface area contributed by atoms with Gasteiger partial charge in [-0.1, -0.05) is 12.1 Å². The normalized spacial score (nSPS) is 14.2. The minimum Gasteiger partial charge on any atom is -0.497 e. The molecule has 1 aromatic heterocycles. The van der Waals surface area contributed by atoms with Crippen LogP contribution in [0, 0.1) is 29.6 Å². The highest BCUT2D eigenvalue weighted by Crippen LogP contribution is 2.44. The Morgan fingerprint density at radius 2 is 1.80 bits per heavy atom. The Balaban J connectivity index is 2.26. The van der Waals surface area contributed by atoms with Crippen molar-refractivity contribution in [2.75, 3.05) is 12.8 Å². The van der Waals surface area contributed by atoms with E-state index in [1.165, 1.54) is 0 Å². The third kappa shape index (κ3) is 2.52. The SMILES string of the molecule is COc1ccc(C=C2C(C)=C(C#N)c3nc(N)c(C#N)c(C)c32)cc1. The molecule has 0 unspecified atom stereocenters. The fourth-order valence-corrected chi connectivity index (χ4v) is 3.06. The number of pyridine rings is 1. The highest BCUT2D eigenvalue weighted by Gasteiger charge is 2.29. The van der Waals surface area contributed by atoms with Crippen molar-refractivity contribution in [3.8, 4) is 17.9 Å². The van der Waals surface area contributed by atoms with Crippen molar-refractivity contribution >= 4 is 23.0 Å². The van der Waals surface area contributed by atoms with E-state index >= 15 is 0 Å². The van der Waals surface area contributed by atoms with Gasteiger partial charge in [-0.25, -0.2) is 4.98 Å². The van der Waals surface area contributed by atoms with Gasteiger partial charge in [0.1, 0.15) is 23.7 Å². The van der Waals surface area contributed by atoms with Gasteiger partial charge >= 0.3 is 0 Å². The van der Waals surface area contributed by atoms with Crippen LogP contribution in [0.3, 0.4) is 0 Å². The smallest absolute Gasteiger partial charge is 0.142 e. The van der Waals surface area contributed by atoms with Crippen LogP contribution in [-0.2, 0) is 0 Å². The number of aromatic nitrogens is 1. The minimum atomic E-state index is 0.157. The Labute approximate surface area is 146 Å². The van der Waals surface area contributed by atoms with Crippen LogP contribution in [0.2, 0.25) is 0 Å². The number of hydrogen-bond donors (Lipinski definition) is 1. The topological polar surface area (TPSA) is 95.7 Å². The van der Waals surface area contributed by atoms with Gasteiger partial charge in [0.2, 0.25) is 0 Å². The highest BCUT2D eigenvalue weighted by molar-refractivity contribution is 6.08. The van der Waals surface area contributed by atoms with Gasteiger partial charge in [0, 0.05) is 5.56 Å². The van der Waals surface area contributed by atoms with Crippen molar-refractivity contribution in [1.29, 1.82) is 10.5 Å². The van der Waals surface area contributed by atoms with Crippen LogP contribution in [0.1, 0.15) is 34.9 Å². The van der Waals surface area contributed by atoms with E-state index in [2.05, 4.69) is 17.1 Å². The summed E-state index contributed by atoms with van der Waals surface area (Å²) in [5, 5.41) is 18.9. The maximum absolute atomic E-state index is 9.55. The number of hydrogen-bond acceptors (Lipinski definition) is 5. The second-order valence-corrected chi connectivity index (χ2v) is 5.78. The van der Waals surface area contributed by atoms with Gasteiger partial charge in [-0.3, -0.25) is 0 Å². The Morgan fingerprint density at radius 1 is 1.12 bits per heavy atom. The van der Waals surface area contributed by atoms with Gasteiger partial charge in [-0.2, -0.15) is 10.5 Å². The third-order valence-corrected chi connectivity index (χ3v) is 4.41. The molecule has 1 heterocycles. The maximum atomic E-state index is 9.55. The minimum absolute atomic E-state index is 0.157. The molecule has 5 nitrogen and oxygen atoms in total. The zero-order valence-corrected chi connectivity index (χ0v) is 14.2. The van der Waals surface area contributed by atoms with E-state index in [-0.39, 0.29) is 5.82 Å². The van der Waals surface area contributed by atoms with Gasteiger partial charge in [-0.15, -0.1) is 0 Å². The van der Waals surface area contributed by atoms with Gasteiger partial charge < -0.3 is 10.5 Å². The first-order chi connectivity index (χ1) is 12.0. The number of allylic oxidation sites excluding steroid dienone is 3. The molecule has 0 bridgehead atoms. The van der Waals surface area contributed by atoms with E-state index < -0.39 is 0 Å². The van der Waals surface area contributed by atoms with Crippen molar-refractivity contribution in [2.24, 2.45) is 0 Å². The Morgan fingerprint density at radius 3 is 2.36 bits per heavy atom. The summed E-state index contributed by atoms with van der Waals surface area (Å²) in [5.41, 5.74) is 11.5. The molecule has 0 spiro atoms. The number of nitrogen functional groups attached to an aromatic ring is 1. The Kier molecular flexibility index (Phi) is 4.00. The zero-order valence-electron chi connectivity index (χ0n) is 14.2. The molecule has 0 aliphatic heterocycles. The number of benzene rings is 1. The molecule has 5 heteroatoms. The average molecular weight is 328 g/mol. The summed E-state index contributed by atoms with van der Waals surface area (Å²) >= 11 is 0. The Hall–Kier alpha value is -3.57. The standard InChI is InChI=1S/C20H16N4O/c1-11-15(8-13-4-6-14(25-3)7-5-13)18-12(2)17(10-22)20(23)24-19(18)16(11)9-21/h4-8H,1-3H3,(H2,23,24). The number of fused-ring (bicyclic) bond motifs is 1. The van der Waals surface area contributed by atoms with Crippen LogP contribution < -0.4 is 10.5 Å². The second kappa shape index (κ2) is 6.14. The largest absolute Gasteiger partial charge is 0.497 e. The van der Waals surface area contributed by atoms with E-state index in [1.807, 2.05) is 44.2 Å². The predicted octanol–water partition coefficient (Wildman–Crippen LogP) is 3.70. The number of ether oxygens (including phenoxy) is 1. The summed E-state index contributed by atoms with van der Waals surface area (Å²) in [5.74, 6) is 0.932. The van der Waals surface area contributed by atoms with Gasteiger partial charge in [-0.05, 0) is 54.3 Å². The average Bonchev–Trinajstić information content (AvgIpc) is 2.87. The lowest BCUT2D eigenvalue weighted by Crippen LogP contribution is -2.03. The summed E-state index contributed by atoms with van der Waals surface area (Å²) in [6, 6.07) is 12.0. The second-order valence-electron chi connectivity index (χ2n) is 5.78. The number of nitrogens with zero attached hydrogens (tertiary/aromatic N) is 3. The number of nitriles is 2. The molecule has 1 aliphatic rings. The lowest BCUT2D eigenvalue weighted by molar-refractivity contribution is 0.415. The number of methoxy groups -OCH3 is 1. The van der Waals surface area contributed by atoms with Crippen LogP contribution in [0.15, 0.2) is 29.8 Å². The van der Waals surface area contributed by atoms with E-state index in [9.17, 15) is 10.5 Å². The predicted molar refractivity (Wildman–Crippen MR) is 97.2 cm³/mol. The number of nitrogens with two attached hydrogens (primary N) is 1. The first-order valence-corrected chi connectivity index (χ1v) is 7.69. The van der Waals surface area contributed by atoms with Crippen molar-refractivity contribution in [3.05, 3.63) is 57.8 Å². The molecule has 2 aromatic rings. The maximum Gasteiger partial charge on any atom is 0.142 e. The fourth-order valence-electron chi connectivity index (χ4n) is 3.06. The van der Waals surface area contributed by atoms with Gasteiger partial charge in [0.25, 0.3) is 0 Å². The van der Waals surface area contributed by atoms with Crippen molar-refractivity contribution < 1.29 is 4.74 Å². The van der Waals surface area contributed by atoms with Crippen LogP contribution in [0.5, 0.6) is 5.75 Å². The molecular formula is C20H16N4O. The molecule has 1 aliphatic carbocycles.